The van der Waals surface area contributed by atoms with Crippen LogP contribution >= 0.6 is 15.9 Å². The van der Waals surface area contributed by atoms with Crippen molar-refractivity contribution in [2.75, 3.05) is 18.4 Å². The van der Waals surface area contributed by atoms with Gasteiger partial charge in [0.25, 0.3) is 0 Å². The van der Waals surface area contributed by atoms with E-state index in [2.05, 4.69) is 39.2 Å². The second kappa shape index (κ2) is 4.10. The molecule has 1 aliphatic rings. The van der Waals surface area contributed by atoms with Gasteiger partial charge in [-0.1, -0.05) is 0 Å². The number of aryl methyl sites for hydroxylation is 1. The van der Waals surface area contributed by atoms with Gasteiger partial charge in [0.1, 0.15) is 5.82 Å². The third kappa shape index (κ3) is 2.49. The maximum Gasteiger partial charge on any atom is 0.128 e. The molecule has 15 heavy (non-hydrogen) atoms. The van der Waals surface area contributed by atoms with Gasteiger partial charge in [-0.25, -0.2) is 4.98 Å². The standard InChI is InChI=1S/C11H16BrN3/c1-8-4-9(12)5-14-10(8)15-7-11(6-13)2-3-11/h4-5H,2-3,6-7,13H2,1H3,(H,14,15). The van der Waals surface area contributed by atoms with Gasteiger partial charge in [-0.15, -0.1) is 0 Å². The predicted octanol–water partition coefficient (Wildman–Crippen LogP) is 2.30. The first kappa shape index (κ1) is 10.9. The molecule has 4 heteroatoms. The summed E-state index contributed by atoms with van der Waals surface area (Å²) in [7, 11) is 0. The van der Waals surface area contributed by atoms with Crippen LogP contribution in [0.4, 0.5) is 5.82 Å². The minimum Gasteiger partial charge on any atom is -0.369 e. The van der Waals surface area contributed by atoms with Crippen LogP contribution in [0.1, 0.15) is 18.4 Å². The molecule has 1 fully saturated rings. The highest BCUT2D eigenvalue weighted by atomic mass is 79.9. The summed E-state index contributed by atoms with van der Waals surface area (Å²) in [6, 6.07) is 2.07. The van der Waals surface area contributed by atoms with Crippen LogP contribution in [0.2, 0.25) is 0 Å². The molecule has 1 saturated carbocycles. The average molecular weight is 270 g/mol. The monoisotopic (exact) mass is 269 g/mol. The van der Waals surface area contributed by atoms with Crippen molar-refractivity contribution in [3.63, 3.8) is 0 Å². The third-order valence-electron chi connectivity index (χ3n) is 3.07. The second-order valence-electron chi connectivity index (χ2n) is 4.38. The number of hydrogen-bond acceptors (Lipinski definition) is 3. The number of anilines is 1. The van der Waals surface area contributed by atoms with E-state index in [1.807, 2.05) is 6.20 Å². The number of halogens is 1. The Kier molecular flexibility index (Phi) is 2.98. The predicted molar refractivity (Wildman–Crippen MR) is 65.9 cm³/mol. The molecule has 0 spiro atoms. The Morgan fingerprint density at radius 1 is 1.60 bits per heavy atom. The highest BCUT2D eigenvalue weighted by molar-refractivity contribution is 9.10. The van der Waals surface area contributed by atoms with E-state index >= 15 is 0 Å². The third-order valence-corrected chi connectivity index (χ3v) is 3.50. The molecule has 0 aromatic carbocycles. The van der Waals surface area contributed by atoms with Crippen molar-refractivity contribution in [2.24, 2.45) is 11.1 Å². The summed E-state index contributed by atoms with van der Waals surface area (Å²) in [5, 5.41) is 3.38. The lowest BCUT2D eigenvalue weighted by atomic mass is 10.1. The van der Waals surface area contributed by atoms with Gasteiger partial charge >= 0.3 is 0 Å². The fraction of sp³-hybridized carbons (Fsp3) is 0.545. The zero-order valence-corrected chi connectivity index (χ0v) is 10.5. The normalized spacial score (nSPS) is 17.5. The summed E-state index contributed by atoms with van der Waals surface area (Å²) in [6.07, 6.45) is 4.30. The van der Waals surface area contributed by atoms with Crippen molar-refractivity contribution in [1.82, 2.24) is 4.98 Å². The maximum atomic E-state index is 5.73. The minimum absolute atomic E-state index is 0.348. The second-order valence-corrected chi connectivity index (χ2v) is 5.29. The summed E-state index contributed by atoms with van der Waals surface area (Å²) in [5.74, 6) is 0.970. The number of nitrogens with one attached hydrogen (secondary N) is 1. The van der Waals surface area contributed by atoms with E-state index in [1.54, 1.807) is 0 Å². The number of pyridine rings is 1. The highest BCUT2D eigenvalue weighted by Gasteiger charge is 2.40. The van der Waals surface area contributed by atoms with Gasteiger partial charge in [0.05, 0.1) is 0 Å². The molecular weight excluding hydrogens is 254 g/mol. The summed E-state index contributed by atoms with van der Waals surface area (Å²) in [5.41, 5.74) is 7.24. The Bertz CT molecular complexity index is 361. The van der Waals surface area contributed by atoms with Crippen LogP contribution < -0.4 is 11.1 Å². The van der Waals surface area contributed by atoms with Crippen molar-refractivity contribution in [3.05, 3.63) is 22.3 Å². The topological polar surface area (TPSA) is 50.9 Å². The summed E-state index contributed by atoms with van der Waals surface area (Å²) in [4.78, 5) is 4.34. The Labute approximate surface area is 98.6 Å². The molecule has 3 N–H and O–H groups in total. The largest absolute Gasteiger partial charge is 0.369 e. The van der Waals surface area contributed by atoms with Crippen LogP contribution in [0.5, 0.6) is 0 Å². The lowest BCUT2D eigenvalue weighted by Gasteiger charge is -2.15. The molecule has 1 heterocycles. The van der Waals surface area contributed by atoms with Gasteiger partial charge in [0.2, 0.25) is 0 Å². The summed E-state index contributed by atoms with van der Waals surface area (Å²) >= 11 is 3.40. The van der Waals surface area contributed by atoms with E-state index in [0.29, 0.717) is 5.41 Å². The molecule has 0 unspecified atom stereocenters. The van der Waals surface area contributed by atoms with Crippen LogP contribution in [0.25, 0.3) is 0 Å². The van der Waals surface area contributed by atoms with Crippen LogP contribution in [-0.4, -0.2) is 18.1 Å². The van der Waals surface area contributed by atoms with Gasteiger partial charge in [0.15, 0.2) is 0 Å². The highest BCUT2D eigenvalue weighted by Crippen LogP contribution is 2.44. The molecule has 2 rings (SSSR count). The molecule has 1 aliphatic carbocycles. The summed E-state index contributed by atoms with van der Waals surface area (Å²) in [6.45, 7) is 3.77. The first-order valence-electron chi connectivity index (χ1n) is 5.21. The van der Waals surface area contributed by atoms with E-state index in [4.69, 9.17) is 5.73 Å². The van der Waals surface area contributed by atoms with Crippen LogP contribution in [-0.2, 0) is 0 Å². The zero-order chi connectivity index (χ0) is 10.9. The van der Waals surface area contributed by atoms with E-state index in [-0.39, 0.29) is 0 Å². The molecule has 1 aromatic rings. The van der Waals surface area contributed by atoms with Crippen molar-refractivity contribution in [2.45, 2.75) is 19.8 Å². The minimum atomic E-state index is 0.348. The Morgan fingerprint density at radius 3 is 2.87 bits per heavy atom. The van der Waals surface area contributed by atoms with Crippen LogP contribution in [0, 0.1) is 12.3 Å². The summed E-state index contributed by atoms with van der Waals surface area (Å²) < 4.78 is 1.02. The number of hydrogen-bond donors (Lipinski definition) is 2. The quantitative estimate of drug-likeness (QED) is 0.882. The SMILES string of the molecule is Cc1cc(Br)cnc1NCC1(CN)CC1. The van der Waals surface area contributed by atoms with Crippen LogP contribution in [0.15, 0.2) is 16.7 Å². The van der Waals surface area contributed by atoms with E-state index in [9.17, 15) is 0 Å². The lowest BCUT2D eigenvalue weighted by Crippen LogP contribution is -2.24. The Hall–Kier alpha value is -0.610. The van der Waals surface area contributed by atoms with Gasteiger partial charge in [-0.2, -0.15) is 0 Å². The molecule has 3 nitrogen and oxygen atoms in total. The van der Waals surface area contributed by atoms with Crippen molar-refractivity contribution >= 4 is 21.7 Å². The average Bonchev–Trinajstić information content (AvgIpc) is 2.97. The van der Waals surface area contributed by atoms with Crippen LogP contribution in [0.3, 0.4) is 0 Å². The number of rotatable bonds is 4. The molecular formula is C11H16BrN3. The first-order valence-corrected chi connectivity index (χ1v) is 6.01. The zero-order valence-electron chi connectivity index (χ0n) is 8.89. The molecule has 82 valence electrons. The fourth-order valence-corrected chi connectivity index (χ4v) is 2.07. The Balaban J connectivity index is 1.99. The molecule has 0 amide bonds. The molecule has 0 bridgehead atoms. The number of nitrogens with zero attached hydrogens (tertiary/aromatic N) is 1. The molecule has 0 atom stereocenters. The number of aromatic nitrogens is 1. The van der Waals surface area contributed by atoms with E-state index < -0.39 is 0 Å². The molecule has 1 aromatic heterocycles. The fourth-order valence-electron chi connectivity index (χ4n) is 1.63. The van der Waals surface area contributed by atoms with Gasteiger partial charge in [-0.05, 0) is 59.3 Å². The van der Waals surface area contributed by atoms with Crippen molar-refractivity contribution in [3.8, 4) is 0 Å². The molecule has 0 aliphatic heterocycles. The molecule has 0 radical (unpaired) electrons. The van der Waals surface area contributed by atoms with Gasteiger partial charge in [0, 0.05) is 17.2 Å². The Morgan fingerprint density at radius 2 is 2.33 bits per heavy atom. The van der Waals surface area contributed by atoms with Crippen molar-refractivity contribution < 1.29 is 0 Å². The van der Waals surface area contributed by atoms with Crippen molar-refractivity contribution in [1.29, 1.82) is 0 Å². The van der Waals surface area contributed by atoms with Gasteiger partial charge < -0.3 is 11.1 Å². The molecule has 0 saturated heterocycles. The lowest BCUT2D eigenvalue weighted by molar-refractivity contribution is 0.555. The first-order chi connectivity index (χ1) is 7.15. The number of nitrogens with two attached hydrogens (primary N) is 1. The maximum absolute atomic E-state index is 5.73. The van der Waals surface area contributed by atoms with Gasteiger partial charge in [-0.3, -0.25) is 0 Å². The smallest absolute Gasteiger partial charge is 0.128 e. The van der Waals surface area contributed by atoms with E-state index in [1.165, 1.54) is 12.8 Å². The van der Waals surface area contributed by atoms with E-state index in [0.717, 1.165) is 28.9 Å².